The summed E-state index contributed by atoms with van der Waals surface area (Å²) in [4.78, 5) is 17.2. The van der Waals surface area contributed by atoms with Crippen LogP contribution in [0.5, 0.6) is 0 Å². The summed E-state index contributed by atoms with van der Waals surface area (Å²) < 4.78 is 6.05. The van der Waals surface area contributed by atoms with Crippen LogP contribution in [0, 0.1) is 6.92 Å². The minimum atomic E-state index is -1.17. The lowest BCUT2D eigenvalue weighted by Gasteiger charge is -2.28. The SMILES string of the molecule is Cc1nc2ccc(-c3ccccc3)cc2c(-c2ccc(Cl)cc2)c1C(OC(C)(C)C)C(=O)O. The predicted octanol–water partition coefficient (Wildman–Crippen LogP) is 7.47. The molecule has 1 atom stereocenters. The van der Waals surface area contributed by atoms with Crippen LogP contribution in [-0.4, -0.2) is 21.7 Å². The average Bonchev–Trinajstić information content (AvgIpc) is 2.77. The van der Waals surface area contributed by atoms with Crippen molar-refractivity contribution in [3.05, 3.63) is 89.1 Å². The molecule has 33 heavy (non-hydrogen) atoms. The van der Waals surface area contributed by atoms with Gasteiger partial charge in [0.05, 0.1) is 11.1 Å². The smallest absolute Gasteiger partial charge is 0.337 e. The van der Waals surface area contributed by atoms with Crippen LogP contribution in [0.3, 0.4) is 0 Å². The predicted molar refractivity (Wildman–Crippen MR) is 134 cm³/mol. The van der Waals surface area contributed by atoms with E-state index in [9.17, 15) is 9.90 Å². The van der Waals surface area contributed by atoms with Crippen LogP contribution >= 0.6 is 11.6 Å². The number of ether oxygens (including phenoxy) is 1. The summed E-state index contributed by atoms with van der Waals surface area (Å²) in [6.45, 7) is 7.38. The van der Waals surface area contributed by atoms with Crippen molar-refractivity contribution in [2.45, 2.75) is 39.4 Å². The molecule has 1 N–H and O–H groups in total. The number of halogens is 1. The zero-order valence-electron chi connectivity index (χ0n) is 19.1. The van der Waals surface area contributed by atoms with E-state index in [2.05, 4.69) is 18.2 Å². The van der Waals surface area contributed by atoms with Crippen molar-refractivity contribution in [3.63, 3.8) is 0 Å². The van der Waals surface area contributed by atoms with Gasteiger partial charge in [0.25, 0.3) is 0 Å². The number of aromatic nitrogens is 1. The van der Waals surface area contributed by atoms with Crippen LogP contribution in [0.4, 0.5) is 0 Å². The Morgan fingerprint density at radius 2 is 1.58 bits per heavy atom. The molecule has 1 unspecified atom stereocenters. The number of hydrogen-bond donors (Lipinski definition) is 1. The first-order valence-corrected chi connectivity index (χ1v) is 11.2. The van der Waals surface area contributed by atoms with Gasteiger partial charge < -0.3 is 9.84 Å². The molecule has 0 bridgehead atoms. The molecule has 0 saturated heterocycles. The average molecular weight is 460 g/mol. The molecule has 0 amide bonds. The molecule has 4 rings (SSSR count). The van der Waals surface area contributed by atoms with Gasteiger partial charge in [-0.15, -0.1) is 0 Å². The van der Waals surface area contributed by atoms with Gasteiger partial charge in [-0.25, -0.2) is 4.79 Å². The summed E-state index contributed by atoms with van der Waals surface area (Å²) in [6.07, 6.45) is -1.17. The first-order chi connectivity index (χ1) is 15.6. The third kappa shape index (κ3) is 4.92. The van der Waals surface area contributed by atoms with Crippen LogP contribution < -0.4 is 0 Å². The molecule has 4 nitrogen and oxygen atoms in total. The lowest BCUT2D eigenvalue weighted by Crippen LogP contribution is -2.28. The Morgan fingerprint density at radius 3 is 2.18 bits per heavy atom. The Bertz CT molecular complexity index is 1310. The van der Waals surface area contributed by atoms with Crippen LogP contribution in [0.25, 0.3) is 33.2 Å². The molecule has 4 aromatic rings. The van der Waals surface area contributed by atoms with Gasteiger partial charge in [0.15, 0.2) is 6.10 Å². The Morgan fingerprint density at radius 1 is 0.939 bits per heavy atom. The standard InChI is InChI=1S/C28H26ClNO3/c1-17-24(26(27(31)32)33-28(2,3)4)25(19-10-13-21(29)14-11-19)22-16-20(12-15-23(22)30-17)18-8-6-5-7-9-18/h5-16,26H,1-4H3,(H,31,32). The second kappa shape index (κ2) is 8.97. The molecule has 168 valence electrons. The fourth-order valence-electron chi connectivity index (χ4n) is 4.05. The van der Waals surface area contributed by atoms with E-state index in [1.165, 1.54) is 0 Å². The van der Waals surface area contributed by atoms with Crippen molar-refractivity contribution in [1.82, 2.24) is 4.98 Å². The van der Waals surface area contributed by atoms with Crippen LogP contribution in [-0.2, 0) is 9.53 Å². The van der Waals surface area contributed by atoms with Crippen molar-refractivity contribution < 1.29 is 14.6 Å². The molecule has 3 aromatic carbocycles. The van der Waals surface area contributed by atoms with Crippen molar-refractivity contribution in [1.29, 1.82) is 0 Å². The number of benzene rings is 3. The highest BCUT2D eigenvalue weighted by Crippen LogP contribution is 2.40. The maximum absolute atomic E-state index is 12.4. The number of nitrogens with zero attached hydrogens (tertiary/aromatic N) is 1. The summed E-state index contributed by atoms with van der Waals surface area (Å²) >= 11 is 6.16. The summed E-state index contributed by atoms with van der Waals surface area (Å²) in [6, 6.07) is 23.6. The Balaban J connectivity index is 2.07. The van der Waals surface area contributed by atoms with E-state index < -0.39 is 17.7 Å². The van der Waals surface area contributed by atoms with Gasteiger partial charge >= 0.3 is 5.97 Å². The normalized spacial score (nSPS) is 12.6. The van der Waals surface area contributed by atoms with E-state index in [0.717, 1.165) is 33.2 Å². The molecular formula is C28H26ClNO3. The minimum Gasteiger partial charge on any atom is -0.479 e. The third-order valence-electron chi connectivity index (χ3n) is 5.41. The molecule has 0 saturated carbocycles. The topological polar surface area (TPSA) is 59.4 Å². The minimum absolute atomic E-state index is 0.553. The molecule has 0 aliphatic heterocycles. The van der Waals surface area contributed by atoms with Crippen LogP contribution in [0.1, 0.15) is 38.1 Å². The second-order valence-corrected chi connectivity index (χ2v) is 9.48. The number of fused-ring (bicyclic) bond motifs is 1. The second-order valence-electron chi connectivity index (χ2n) is 9.04. The summed E-state index contributed by atoms with van der Waals surface area (Å²) in [5.41, 5.74) is 5.06. The third-order valence-corrected chi connectivity index (χ3v) is 5.66. The fourth-order valence-corrected chi connectivity index (χ4v) is 4.17. The highest BCUT2D eigenvalue weighted by Gasteiger charge is 2.32. The molecule has 5 heteroatoms. The van der Waals surface area contributed by atoms with E-state index in [-0.39, 0.29) is 0 Å². The molecule has 1 aromatic heterocycles. The van der Waals surface area contributed by atoms with Crippen molar-refractivity contribution in [2.75, 3.05) is 0 Å². The lowest BCUT2D eigenvalue weighted by atomic mass is 9.89. The Hall–Kier alpha value is -3.21. The van der Waals surface area contributed by atoms with E-state index >= 15 is 0 Å². The molecular weight excluding hydrogens is 434 g/mol. The molecule has 0 fully saturated rings. The van der Waals surface area contributed by atoms with E-state index in [1.54, 1.807) is 0 Å². The zero-order valence-corrected chi connectivity index (χ0v) is 19.9. The van der Waals surface area contributed by atoms with Gasteiger partial charge in [-0.05, 0) is 74.2 Å². The summed E-state index contributed by atoms with van der Waals surface area (Å²) in [5, 5.41) is 11.6. The molecule has 0 aliphatic carbocycles. The van der Waals surface area contributed by atoms with Crippen LogP contribution in [0.2, 0.25) is 5.02 Å². The number of hydrogen-bond acceptors (Lipinski definition) is 3. The van der Waals surface area contributed by atoms with E-state index in [0.29, 0.717) is 16.3 Å². The maximum atomic E-state index is 12.4. The number of carboxylic acids is 1. The lowest BCUT2D eigenvalue weighted by molar-refractivity contribution is -0.160. The van der Waals surface area contributed by atoms with Crippen molar-refractivity contribution >= 4 is 28.5 Å². The van der Waals surface area contributed by atoms with Gasteiger partial charge in [0, 0.05) is 21.7 Å². The number of aryl methyl sites for hydroxylation is 1. The molecule has 0 aliphatic rings. The fraction of sp³-hybridized carbons (Fsp3) is 0.214. The highest BCUT2D eigenvalue weighted by molar-refractivity contribution is 6.30. The number of aliphatic carboxylic acids is 1. The largest absolute Gasteiger partial charge is 0.479 e. The molecule has 0 radical (unpaired) electrons. The summed E-state index contributed by atoms with van der Waals surface area (Å²) in [7, 11) is 0. The maximum Gasteiger partial charge on any atom is 0.337 e. The van der Waals surface area contributed by atoms with Crippen molar-refractivity contribution in [3.8, 4) is 22.3 Å². The first-order valence-electron chi connectivity index (χ1n) is 10.8. The molecule has 1 heterocycles. The quantitative estimate of drug-likeness (QED) is 0.336. The highest BCUT2D eigenvalue weighted by atomic mass is 35.5. The van der Waals surface area contributed by atoms with Gasteiger partial charge in [0.1, 0.15) is 0 Å². The number of carboxylic acid groups (broad SMARTS) is 1. The number of carbonyl (C=O) groups is 1. The first kappa shape index (κ1) is 23.0. The van der Waals surface area contributed by atoms with Crippen molar-refractivity contribution in [2.24, 2.45) is 0 Å². The van der Waals surface area contributed by atoms with Gasteiger partial charge in [-0.2, -0.15) is 0 Å². The Kier molecular flexibility index (Phi) is 6.24. The Labute approximate surface area is 198 Å². The van der Waals surface area contributed by atoms with Gasteiger partial charge in [0.2, 0.25) is 0 Å². The van der Waals surface area contributed by atoms with Crippen LogP contribution in [0.15, 0.2) is 72.8 Å². The zero-order chi connectivity index (χ0) is 23.8. The molecule has 0 spiro atoms. The van der Waals surface area contributed by atoms with E-state index in [1.807, 2.05) is 82.3 Å². The number of pyridine rings is 1. The van der Waals surface area contributed by atoms with Gasteiger partial charge in [-0.1, -0.05) is 60.1 Å². The van der Waals surface area contributed by atoms with Gasteiger partial charge in [-0.3, -0.25) is 4.98 Å². The number of rotatable bonds is 5. The monoisotopic (exact) mass is 459 g/mol. The van der Waals surface area contributed by atoms with E-state index in [4.69, 9.17) is 21.3 Å². The summed E-state index contributed by atoms with van der Waals surface area (Å²) in [5.74, 6) is -1.05.